The lowest BCUT2D eigenvalue weighted by Gasteiger charge is -2.37. The number of nitrogens with zero attached hydrogens (tertiary/aromatic N) is 1. The molecule has 6 heteroatoms. The van der Waals surface area contributed by atoms with Crippen molar-refractivity contribution in [3.63, 3.8) is 0 Å². The molecule has 0 saturated carbocycles. The smallest absolute Gasteiger partial charge is 0.407 e. The van der Waals surface area contributed by atoms with Crippen LogP contribution in [0.15, 0.2) is 0 Å². The van der Waals surface area contributed by atoms with E-state index in [-0.39, 0.29) is 24.0 Å². The Labute approximate surface area is 120 Å². The van der Waals surface area contributed by atoms with E-state index in [4.69, 9.17) is 9.47 Å². The quantitative estimate of drug-likeness (QED) is 0.747. The number of rotatable bonds is 6. The maximum Gasteiger partial charge on any atom is 0.407 e. The fourth-order valence-electron chi connectivity index (χ4n) is 2.71. The summed E-state index contributed by atoms with van der Waals surface area (Å²) in [6, 6.07) is 0.0315. The van der Waals surface area contributed by atoms with Gasteiger partial charge in [-0.15, -0.1) is 0 Å². The molecule has 0 radical (unpaired) electrons. The second-order valence-corrected chi connectivity index (χ2v) is 5.20. The van der Waals surface area contributed by atoms with Gasteiger partial charge in [-0.2, -0.15) is 0 Å². The molecule has 2 unspecified atom stereocenters. The average molecular weight is 286 g/mol. The SMILES string of the molecule is CCCN1CC(CC(=O)OC)CC(NC(=O)OCC)C1. The first kappa shape index (κ1) is 16.8. The number of hydrogen-bond acceptors (Lipinski definition) is 5. The van der Waals surface area contributed by atoms with Crippen molar-refractivity contribution < 1.29 is 19.1 Å². The molecule has 1 saturated heterocycles. The summed E-state index contributed by atoms with van der Waals surface area (Å²) in [6.45, 7) is 6.93. The number of amides is 1. The van der Waals surface area contributed by atoms with E-state index in [0.29, 0.717) is 13.0 Å². The third-order valence-electron chi connectivity index (χ3n) is 3.43. The van der Waals surface area contributed by atoms with Gasteiger partial charge >= 0.3 is 12.1 Å². The van der Waals surface area contributed by atoms with Crippen LogP contribution in [0.4, 0.5) is 4.79 Å². The van der Waals surface area contributed by atoms with Crippen LogP contribution in [0.1, 0.15) is 33.1 Å². The van der Waals surface area contributed by atoms with Gasteiger partial charge in [0.15, 0.2) is 0 Å². The Morgan fingerprint density at radius 3 is 2.65 bits per heavy atom. The molecule has 1 N–H and O–H groups in total. The van der Waals surface area contributed by atoms with Crippen molar-refractivity contribution in [1.29, 1.82) is 0 Å². The molecule has 20 heavy (non-hydrogen) atoms. The normalized spacial score (nSPS) is 23.1. The number of alkyl carbamates (subject to hydrolysis) is 1. The van der Waals surface area contributed by atoms with Gasteiger partial charge in [-0.05, 0) is 32.2 Å². The Morgan fingerprint density at radius 1 is 1.30 bits per heavy atom. The van der Waals surface area contributed by atoms with Gasteiger partial charge < -0.3 is 19.7 Å². The van der Waals surface area contributed by atoms with Gasteiger partial charge in [-0.1, -0.05) is 6.92 Å². The van der Waals surface area contributed by atoms with Crippen LogP contribution in [-0.2, 0) is 14.3 Å². The van der Waals surface area contributed by atoms with Gasteiger partial charge in [0.2, 0.25) is 0 Å². The van der Waals surface area contributed by atoms with E-state index in [0.717, 1.165) is 32.5 Å². The molecular weight excluding hydrogens is 260 g/mol. The second kappa shape index (κ2) is 8.79. The average Bonchev–Trinajstić information content (AvgIpc) is 2.38. The van der Waals surface area contributed by atoms with E-state index >= 15 is 0 Å². The second-order valence-electron chi connectivity index (χ2n) is 5.20. The topological polar surface area (TPSA) is 67.9 Å². The molecule has 1 aliphatic rings. The van der Waals surface area contributed by atoms with Gasteiger partial charge in [0.25, 0.3) is 0 Å². The molecule has 0 bridgehead atoms. The number of hydrogen-bond donors (Lipinski definition) is 1. The zero-order valence-corrected chi connectivity index (χ0v) is 12.7. The zero-order valence-electron chi connectivity index (χ0n) is 12.7. The Hall–Kier alpha value is -1.30. The molecule has 0 aromatic rings. The Balaban J connectivity index is 2.55. The van der Waals surface area contributed by atoms with Crippen molar-refractivity contribution >= 4 is 12.1 Å². The summed E-state index contributed by atoms with van der Waals surface area (Å²) in [7, 11) is 1.41. The summed E-state index contributed by atoms with van der Waals surface area (Å²) in [5, 5.41) is 2.87. The van der Waals surface area contributed by atoms with Crippen LogP contribution in [-0.4, -0.2) is 56.4 Å². The van der Waals surface area contributed by atoms with Crippen molar-refractivity contribution in [2.24, 2.45) is 5.92 Å². The standard InChI is InChI=1S/C14H26N2O4/c1-4-6-16-9-11(8-13(17)19-3)7-12(10-16)15-14(18)20-5-2/h11-12H,4-10H2,1-3H3,(H,15,18). The fraction of sp³-hybridized carbons (Fsp3) is 0.857. The first-order valence-electron chi connectivity index (χ1n) is 7.31. The number of esters is 1. The number of nitrogens with one attached hydrogen (secondary N) is 1. The van der Waals surface area contributed by atoms with Gasteiger partial charge in [0, 0.05) is 25.6 Å². The Morgan fingerprint density at radius 2 is 2.05 bits per heavy atom. The maximum absolute atomic E-state index is 11.5. The van der Waals surface area contributed by atoms with Gasteiger partial charge in [-0.25, -0.2) is 4.79 Å². The molecule has 1 rings (SSSR count). The first-order valence-corrected chi connectivity index (χ1v) is 7.31. The molecule has 6 nitrogen and oxygen atoms in total. The van der Waals surface area contributed by atoms with Crippen LogP contribution >= 0.6 is 0 Å². The molecule has 0 aromatic carbocycles. The van der Waals surface area contributed by atoms with Crippen LogP contribution in [0.25, 0.3) is 0 Å². The van der Waals surface area contributed by atoms with Crippen LogP contribution < -0.4 is 5.32 Å². The number of carbonyl (C=O) groups excluding carboxylic acids is 2. The highest BCUT2D eigenvalue weighted by molar-refractivity contribution is 5.69. The lowest BCUT2D eigenvalue weighted by atomic mass is 9.91. The monoisotopic (exact) mass is 286 g/mol. The number of likely N-dealkylation sites (tertiary alicyclic amines) is 1. The molecule has 0 spiro atoms. The highest BCUT2D eigenvalue weighted by Gasteiger charge is 2.29. The van der Waals surface area contributed by atoms with E-state index in [1.165, 1.54) is 7.11 Å². The number of methoxy groups -OCH3 is 1. The Kier molecular flexibility index (Phi) is 7.36. The molecule has 1 heterocycles. The van der Waals surface area contributed by atoms with E-state index in [9.17, 15) is 9.59 Å². The third kappa shape index (κ3) is 5.77. The van der Waals surface area contributed by atoms with Crippen LogP contribution in [0.5, 0.6) is 0 Å². The maximum atomic E-state index is 11.5. The minimum Gasteiger partial charge on any atom is -0.469 e. The van der Waals surface area contributed by atoms with Crippen LogP contribution in [0.2, 0.25) is 0 Å². The van der Waals surface area contributed by atoms with Gasteiger partial charge in [0.05, 0.1) is 13.7 Å². The molecule has 2 atom stereocenters. The minimum absolute atomic E-state index is 0.0315. The predicted octanol–water partition coefficient (Wildman–Crippen LogP) is 1.40. The highest BCUT2D eigenvalue weighted by atomic mass is 16.5. The zero-order chi connectivity index (χ0) is 15.0. The van der Waals surface area contributed by atoms with Crippen molar-refractivity contribution in [2.75, 3.05) is 33.4 Å². The van der Waals surface area contributed by atoms with Crippen LogP contribution in [0, 0.1) is 5.92 Å². The molecule has 1 fully saturated rings. The van der Waals surface area contributed by atoms with Gasteiger partial charge in [0.1, 0.15) is 0 Å². The molecule has 0 aliphatic carbocycles. The third-order valence-corrected chi connectivity index (χ3v) is 3.43. The summed E-state index contributed by atoms with van der Waals surface area (Å²) in [5.74, 6) is 0.0258. The number of carbonyl (C=O) groups is 2. The predicted molar refractivity (Wildman–Crippen MR) is 75.4 cm³/mol. The molecule has 1 aliphatic heterocycles. The summed E-state index contributed by atoms with van der Waals surface area (Å²) in [4.78, 5) is 25.2. The van der Waals surface area contributed by atoms with Crippen molar-refractivity contribution in [1.82, 2.24) is 10.2 Å². The largest absolute Gasteiger partial charge is 0.469 e. The van der Waals surface area contributed by atoms with E-state index < -0.39 is 0 Å². The highest BCUT2D eigenvalue weighted by Crippen LogP contribution is 2.21. The summed E-state index contributed by atoms with van der Waals surface area (Å²) >= 11 is 0. The lowest BCUT2D eigenvalue weighted by Crippen LogP contribution is -2.51. The first-order chi connectivity index (χ1) is 9.58. The van der Waals surface area contributed by atoms with Crippen molar-refractivity contribution in [3.05, 3.63) is 0 Å². The lowest BCUT2D eigenvalue weighted by molar-refractivity contribution is -0.142. The van der Waals surface area contributed by atoms with E-state index in [1.54, 1.807) is 6.92 Å². The van der Waals surface area contributed by atoms with E-state index in [2.05, 4.69) is 17.1 Å². The molecule has 0 aromatic heterocycles. The van der Waals surface area contributed by atoms with Crippen molar-refractivity contribution in [2.45, 2.75) is 39.2 Å². The van der Waals surface area contributed by atoms with Crippen LogP contribution in [0.3, 0.4) is 0 Å². The number of piperidine rings is 1. The summed E-state index contributed by atoms with van der Waals surface area (Å²) in [6.07, 6.45) is 1.86. The molecular formula is C14H26N2O4. The number of ether oxygens (including phenoxy) is 2. The minimum atomic E-state index is -0.382. The molecule has 116 valence electrons. The fourth-order valence-corrected chi connectivity index (χ4v) is 2.71. The van der Waals surface area contributed by atoms with Gasteiger partial charge in [-0.3, -0.25) is 4.79 Å². The summed E-state index contributed by atoms with van der Waals surface area (Å²) < 4.78 is 9.65. The summed E-state index contributed by atoms with van der Waals surface area (Å²) in [5.41, 5.74) is 0. The van der Waals surface area contributed by atoms with E-state index in [1.807, 2.05) is 0 Å². The molecule has 1 amide bonds. The Bertz CT molecular complexity index is 322. The van der Waals surface area contributed by atoms with Crippen molar-refractivity contribution in [3.8, 4) is 0 Å².